The summed E-state index contributed by atoms with van der Waals surface area (Å²) in [5.41, 5.74) is 4.64. The fraction of sp³-hybridized carbons (Fsp3) is 0.360. The lowest BCUT2D eigenvalue weighted by atomic mass is 9.70. The number of benzene rings is 1. The van der Waals surface area contributed by atoms with Crippen LogP contribution in [0.4, 0.5) is 0 Å². The molecule has 0 atom stereocenters. The topological polar surface area (TPSA) is 59.9 Å². The maximum Gasteiger partial charge on any atom is 0.192 e. The van der Waals surface area contributed by atoms with Crippen LogP contribution in [0.3, 0.4) is 0 Å². The van der Waals surface area contributed by atoms with Gasteiger partial charge in [-0.2, -0.15) is 5.26 Å². The van der Waals surface area contributed by atoms with Gasteiger partial charge in [-0.1, -0.05) is 38.1 Å². The Morgan fingerprint density at radius 1 is 1.31 bits per heavy atom. The second-order valence-corrected chi connectivity index (χ2v) is 8.50. The van der Waals surface area contributed by atoms with E-state index in [0.717, 1.165) is 52.9 Å². The van der Waals surface area contributed by atoms with Crippen LogP contribution in [0.15, 0.2) is 54.2 Å². The van der Waals surface area contributed by atoms with Crippen molar-refractivity contribution in [3.8, 4) is 6.07 Å². The summed E-state index contributed by atoms with van der Waals surface area (Å²) in [6.07, 6.45) is 9.24. The number of allylic oxidation sites excluding steroid dienone is 4. The Bertz CT molecular complexity index is 1090. The lowest BCUT2D eigenvalue weighted by molar-refractivity contribution is 0.102. The summed E-state index contributed by atoms with van der Waals surface area (Å²) in [6.45, 7) is 11.4. The Morgan fingerprint density at radius 2 is 2.07 bits per heavy atom. The molecule has 1 aromatic carbocycles. The van der Waals surface area contributed by atoms with E-state index in [1.807, 2.05) is 18.2 Å². The lowest BCUT2D eigenvalue weighted by Gasteiger charge is -2.33. The average Bonchev–Trinajstić information content (AvgIpc) is 3.35. The molecule has 1 fully saturated rings. The number of nitrogens with one attached hydrogen (secondary N) is 1. The second kappa shape index (κ2) is 7.50. The van der Waals surface area contributed by atoms with Gasteiger partial charge in [0.2, 0.25) is 0 Å². The van der Waals surface area contributed by atoms with Crippen LogP contribution < -0.4 is 0 Å². The van der Waals surface area contributed by atoms with E-state index < -0.39 is 0 Å². The zero-order valence-corrected chi connectivity index (χ0v) is 17.2. The van der Waals surface area contributed by atoms with Gasteiger partial charge in [0, 0.05) is 34.1 Å². The van der Waals surface area contributed by atoms with Gasteiger partial charge in [0.15, 0.2) is 5.78 Å². The number of H-pyrrole nitrogens is 1. The van der Waals surface area contributed by atoms with Gasteiger partial charge in [0.25, 0.3) is 0 Å². The van der Waals surface area contributed by atoms with Gasteiger partial charge in [-0.15, -0.1) is 6.58 Å². The number of Topliss-reactive ketones (excluding diaryl/α,β-unsaturated/α-hetero) is 1. The largest absolute Gasteiger partial charge is 0.357 e. The molecule has 2 aliphatic rings. The highest BCUT2D eigenvalue weighted by Gasteiger charge is 2.39. The van der Waals surface area contributed by atoms with E-state index in [1.54, 1.807) is 6.07 Å². The third kappa shape index (κ3) is 3.26. The molecule has 0 saturated carbocycles. The first-order valence-corrected chi connectivity index (χ1v) is 10.3. The Labute approximate surface area is 172 Å². The van der Waals surface area contributed by atoms with Crippen molar-refractivity contribution in [1.82, 2.24) is 9.88 Å². The molecule has 1 aliphatic carbocycles. The third-order valence-corrected chi connectivity index (χ3v) is 6.25. The van der Waals surface area contributed by atoms with Crippen molar-refractivity contribution in [1.29, 1.82) is 5.26 Å². The number of rotatable bonds is 5. The number of likely N-dealkylation sites (tertiary alicyclic amines) is 1. The van der Waals surface area contributed by atoms with Crippen LogP contribution in [0, 0.1) is 11.3 Å². The molecule has 1 N–H and O–H groups in total. The summed E-state index contributed by atoms with van der Waals surface area (Å²) in [5, 5.41) is 10.1. The van der Waals surface area contributed by atoms with Crippen LogP contribution in [0.2, 0.25) is 0 Å². The number of carbonyl (C=O) groups is 1. The minimum absolute atomic E-state index is 0.0657. The molecule has 0 unspecified atom stereocenters. The molecule has 1 aromatic heterocycles. The first kappa shape index (κ1) is 19.4. The number of nitrogens with zero attached hydrogens (tertiary/aromatic N) is 2. The van der Waals surface area contributed by atoms with Crippen LogP contribution in [-0.4, -0.2) is 35.3 Å². The molecule has 0 amide bonds. The van der Waals surface area contributed by atoms with Crippen molar-refractivity contribution < 1.29 is 4.79 Å². The molecule has 1 saturated heterocycles. The van der Waals surface area contributed by atoms with Crippen molar-refractivity contribution in [2.45, 2.75) is 38.5 Å². The zero-order chi connectivity index (χ0) is 20.6. The molecule has 0 spiro atoms. The fourth-order valence-electron chi connectivity index (χ4n) is 4.70. The highest BCUT2D eigenvalue weighted by molar-refractivity contribution is 6.19. The van der Waals surface area contributed by atoms with Gasteiger partial charge in [-0.05, 0) is 50.1 Å². The SMILES string of the molecule is C=CCC1=C(/C=C\CN2CCCC2)C(C)(C)c2[nH]c3cc(C#N)ccc3c2C1=O. The molecular formula is C25H27N3O. The number of aromatic amines is 1. The lowest BCUT2D eigenvalue weighted by Crippen LogP contribution is -2.30. The Morgan fingerprint density at radius 3 is 2.76 bits per heavy atom. The number of carbonyl (C=O) groups excluding carboxylic acids is 1. The summed E-state index contributed by atoms with van der Waals surface area (Å²) in [7, 11) is 0. The van der Waals surface area contributed by atoms with E-state index in [9.17, 15) is 10.1 Å². The highest BCUT2D eigenvalue weighted by Crippen LogP contribution is 2.44. The van der Waals surface area contributed by atoms with E-state index in [2.05, 4.69) is 48.5 Å². The summed E-state index contributed by atoms with van der Waals surface area (Å²) in [5.74, 6) is 0.0657. The maximum atomic E-state index is 13.5. The molecule has 2 heterocycles. The Balaban J connectivity index is 1.81. The predicted octanol–water partition coefficient (Wildman–Crippen LogP) is 5.04. The van der Waals surface area contributed by atoms with Gasteiger partial charge in [-0.25, -0.2) is 0 Å². The maximum absolute atomic E-state index is 13.5. The molecule has 29 heavy (non-hydrogen) atoms. The van der Waals surface area contributed by atoms with Gasteiger partial charge < -0.3 is 4.98 Å². The molecule has 0 bridgehead atoms. The van der Waals surface area contributed by atoms with Gasteiger partial charge >= 0.3 is 0 Å². The van der Waals surface area contributed by atoms with Crippen LogP contribution in [0.5, 0.6) is 0 Å². The number of aromatic nitrogens is 1. The van der Waals surface area contributed by atoms with Crippen molar-refractivity contribution in [2.75, 3.05) is 19.6 Å². The number of nitriles is 1. The van der Waals surface area contributed by atoms with Crippen LogP contribution in [-0.2, 0) is 5.41 Å². The van der Waals surface area contributed by atoms with Crippen LogP contribution >= 0.6 is 0 Å². The summed E-state index contributed by atoms with van der Waals surface area (Å²) < 4.78 is 0. The van der Waals surface area contributed by atoms with E-state index >= 15 is 0 Å². The first-order chi connectivity index (χ1) is 14.0. The monoisotopic (exact) mass is 385 g/mol. The average molecular weight is 386 g/mol. The Kier molecular flexibility index (Phi) is 5.02. The van der Waals surface area contributed by atoms with Crippen molar-refractivity contribution in [3.05, 3.63) is 71.0 Å². The Hall–Kier alpha value is -2.90. The van der Waals surface area contributed by atoms with Crippen molar-refractivity contribution in [2.24, 2.45) is 0 Å². The number of fused-ring (bicyclic) bond motifs is 3. The third-order valence-electron chi connectivity index (χ3n) is 6.25. The standard InChI is InChI=1S/C25H27N3O/c1-4-8-18-20(9-7-14-28-12-5-6-13-28)25(2,3)24-22(23(18)29)19-11-10-17(16-26)15-21(19)27-24/h4,7,9-11,15,27H,1,5-6,8,12-14H2,2-3H3/b9-7-. The number of ketones is 1. The summed E-state index contributed by atoms with van der Waals surface area (Å²) in [4.78, 5) is 19.4. The zero-order valence-electron chi connectivity index (χ0n) is 17.2. The van der Waals surface area contributed by atoms with Crippen molar-refractivity contribution >= 4 is 16.7 Å². The van der Waals surface area contributed by atoms with E-state index in [0.29, 0.717) is 12.0 Å². The molecular weight excluding hydrogens is 358 g/mol. The quantitative estimate of drug-likeness (QED) is 0.734. The molecule has 4 heteroatoms. The van der Waals surface area contributed by atoms with E-state index in [4.69, 9.17) is 0 Å². The minimum atomic E-state index is -0.338. The van der Waals surface area contributed by atoms with Gasteiger partial charge in [-0.3, -0.25) is 9.69 Å². The summed E-state index contributed by atoms with van der Waals surface area (Å²) in [6, 6.07) is 7.67. The molecule has 4 nitrogen and oxygen atoms in total. The molecule has 0 radical (unpaired) electrons. The van der Waals surface area contributed by atoms with E-state index in [1.165, 1.54) is 12.8 Å². The number of hydrogen-bond donors (Lipinski definition) is 1. The first-order valence-electron chi connectivity index (χ1n) is 10.3. The molecule has 148 valence electrons. The highest BCUT2D eigenvalue weighted by atomic mass is 16.1. The molecule has 2 aromatic rings. The smallest absolute Gasteiger partial charge is 0.192 e. The van der Waals surface area contributed by atoms with Crippen LogP contribution in [0.1, 0.15) is 54.7 Å². The molecule has 1 aliphatic heterocycles. The fourth-order valence-corrected chi connectivity index (χ4v) is 4.70. The van der Waals surface area contributed by atoms with Gasteiger partial charge in [0.1, 0.15) is 0 Å². The second-order valence-electron chi connectivity index (χ2n) is 8.50. The summed E-state index contributed by atoms with van der Waals surface area (Å²) >= 11 is 0. The molecule has 4 rings (SSSR count). The van der Waals surface area contributed by atoms with Crippen molar-refractivity contribution in [3.63, 3.8) is 0 Å². The normalized spacial score (nSPS) is 19.1. The number of hydrogen-bond acceptors (Lipinski definition) is 3. The van der Waals surface area contributed by atoms with Gasteiger partial charge in [0.05, 0.1) is 17.2 Å². The minimum Gasteiger partial charge on any atom is -0.357 e. The van der Waals surface area contributed by atoms with E-state index in [-0.39, 0.29) is 11.2 Å². The predicted molar refractivity (Wildman–Crippen MR) is 117 cm³/mol. The van der Waals surface area contributed by atoms with Crippen LogP contribution in [0.25, 0.3) is 10.9 Å².